The highest BCUT2D eigenvalue weighted by Crippen LogP contribution is 2.39. The van der Waals surface area contributed by atoms with Crippen molar-refractivity contribution in [3.05, 3.63) is 71.2 Å². The van der Waals surface area contributed by atoms with E-state index in [4.69, 9.17) is 4.74 Å². The fraction of sp³-hybridized carbons (Fsp3) is 0.250. The molecule has 1 unspecified atom stereocenters. The Bertz CT molecular complexity index is 926. The molecule has 3 amide bonds. The van der Waals surface area contributed by atoms with Crippen LogP contribution in [0.5, 0.6) is 5.75 Å². The molecule has 0 fully saturated rings. The molecule has 0 radical (unpaired) electrons. The molecule has 0 aliphatic carbocycles. The molecule has 0 saturated carbocycles. The highest BCUT2D eigenvalue weighted by Gasteiger charge is 2.43. The van der Waals surface area contributed by atoms with Crippen LogP contribution in [-0.4, -0.2) is 47.4 Å². The van der Waals surface area contributed by atoms with Crippen LogP contribution in [0.1, 0.15) is 17.2 Å². The van der Waals surface area contributed by atoms with Crippen molar-refractivity contribution in [2.24, 2.45) is 0 Å². The number of methoxy groups -OCH3 is 1. The lowest BCUT2D eigenvalue weighted by molar-refractivity contribution is -0.126. The second-order valence-electron chi connectivity index (χ2n) is 6.56. The van der Waals surface area contributed by atoms with Gasteiger partial charge in [-0.15, -0.1) is 0 Å². The van der Waals surface area contributed by atoms with Gasteiger partial charge in [0.2, 0.25) is 0 Å². The summed E-state index contributed by atoms with van der Waals surface area (Å²) < 4.78 is 5.45. The minimum Gasteiger partial charge on any atom is -0.496 e. The van der Waals surface area contributed by atoms with Crippen LogP contribution in [-0.2, 0) is 11.3 Å². The maximum absolute atomic E-state index is 13.2. The molecule has 3 heterocycles. The number of hydrogen-bond acceptors (Lipinski definition) is 4. The average Bonchev–Trinajstić information content (AvgIpc) is 3.02. The number of rotatable bonds is 4. The first-order chi connectivity index (χ1) is 13.1. The van der Waals surface area contributed by atoms with E-state index in [2.05, 4.69) is 10.3 Å². The lowest BCUT2D eigenvalue weighted by Crippen LogP contribution is -2.45. The minimum absolute atomic E-state index is 0.0791. The van der Waals surface area contributed by atoms with Gasteiger partial charge in [-0.25, -0.2) is 4.79 Å². The van der Waals surface area contributed by atoms with Gasteiger partial charge >= 0.3 is 6.03 Å². The molecular weight excluding hydrogens is 344 g/mol. The Morgan fingerprint density at radius 1 is 1.19 bits per heavy atom. The first kappa shape index (κ1) is 17.1. The topological polar surface area (TPSA) is 74.8 Å². The van der Waals surface area contributed by atoms with Crippen LogP contribution in [0.4, 0.5) is 4.79 Å². The Labute approximate surface area is 157 Å². The fourth-order valence-corrected chi connectivity index (χ4v) is 3.60. The Morgan fingerprint density at radius 2 is 1.93 bits per heavy atom. The van der Waals surface area contributed by atoms with Crippen molar-refractivity contribution in [2.45, 2.75) is 12.6 Å². The zero-order valence-corrected chi connectivity index (χ0v) is 15.2. The summed E-state index contributed by atoms with van der Waals surface area (Å²) in [6.45, 7) is 0.862. The number of para-hydroxylation sites is 1. The maximum atomic E-state index is 13.2. The first-order valence-corrected chi connectivity index (χ1v) is 8.68. The quantitative estimate of drug-likeness (QED) is 0.901. The van der Waals surface area contributed by atoms with E-state index in [1.54, 1.807) is 31.5 Å². The van der Waals surface area contributed by atoms with Crippen molar-refractivity contribution in [1.82, 2.24) is 20.1 Å². The second-order valence-corrected chi connectivity index (χ2v) is 6.56. The predicted octanol–water partition coefficient (Wildman–Crippen LogP) is 2.08. The van der Waals surface area contributed by atoms with Gasteiger partial charge < -0.3 is 15.0 Å². The van der Waals surface area contributed by atoms with E-state index in [-0.39, 0.29) is 11.9 Å². The first-order valence-electron chi connectivity index (χ1n) is 8.68. The van der Waals surface area contributed by atoms with Crippen LogP contribution in [0.25, 0.3) is 0 Å². The maximum Gasteiger partial charge on any atom is 0.322 e. The number of amides is 3. The number of nitrogens with zero attached hydrogens (tertiary/aromatic N) is 3. The lowest BCUT2D eigenvalue weighted by Gasteiger charge is -2.31. The Morgan fingerprint density at radius 3 is 2.67 bits per heavy atom. The Kier molecular flexibility index (Phi) is 4.27. The van der Waals surface area contributed by atoms with Crippen molar-refractivity contribution in [2.75, 3.05) is 20.7 Å². The van der Waals surface area contributed by atoms with Gasteiger partial charge in [-0.2, -0.15) is 0 Å². The molecule has 0 saturated heterocycles. The third-order valence-corrected chi connectivity index (χ3v) is 5.01. The standard InChI is InChI=1S/C20H20N4O3/c1-23-15-12-24(11-13-7-9-21-10-8-13)19(25)17(15)18(22-20(23)26)14-5-3-4-6-16(14)27-2/h3-10,18H,11-12H2,1-2H3,(H,22,26). The summed E-state index contributed by atoms with van der Waals surface area (Å²) in [4.78, 5) is 33.0. The van der Waals surface area contributed by atoms with Crippen LogP contribution in [0.3, 0.4) is 0 Å². The van der Waals surface area contributed by atoms with Gasteiger partial charge in [-0.05, 0) is 23.8 Å². The third-order valence-electron chi connectivity index (χ3n) is 5.01. The zero-order valence-electron chi connectivity index (χ0n) is 15.2. The number of hydrogen-bond donors (Lipinski definition) is 1. The third kappa shape index (κ3) is 2.91. The predicted molar refractivity (Wildman–Crippen MR) is 98.7 cm³/mol. The number of urea groups is 1. The van der Waals surface area contributed by atoms with Crippen LogP contribution in [0, 0.1) is 0 Å². The molecule has 138 valence electrons. The summed E-state index contributed by atoms with van der Waals surface area (Å²) in [5.41, 5.74) is 3.09. The molecule has 7 nitrogen and oxygen atoms in total. The molecular formula is C20H20N4O3. The highest BCUT2D eigenvalue weighted by atomic mass is 16.5. The van der Waals surface area contributed by atoms with Gasteiger partial charge in [0, 0.05) is 31.5 Å². The molecule has 0 bridgehead atoms. The molecule has 7 heteroatoms. The summed E-state index contributed by atoms with van der Waals surface area (Å²) >= 11 is 0. The van der Waals surface area contributed by atoms with E-state index in [1.165, 1.54) is 4.90 Å². The van der Waals surface area contributed by atoms with E-state index in [0.717, 1.165) is 16.8 Å². The van der Waals surface area contributed by atoms with Crippen molar-refractivity contribution in [3.63, 3.8) is 0 Å². The smallest absolute Gasteiger partial charge is 0.322 e. The van der Waals surface area contributed by atoms with Crippen LogP contribution in [0.15, 0.2) is 60.1 Å². The van der Waals surface area contributed by atoms with Gasteiger partial charge in [0.1, 0.15) is 5.75 Å². The number of likely N-dealkylation sites (N-methyl/N-ethyl adjacent to an activating group) is 1. The van der Waals surface area contributed by atoms with Gasteiger partial charge in [0.05, 0.1) is 31.0 Å². The van der Waals surface area contributed by atoms with E-state index in [0.29, 0.717) is 24.4 Å². The molecule has 2 aromatic rings. The molecule has 4 rings (SSSR count). The van der Waals surface area contributed by atoms with Crippen LogP contribution < -0.4 is 10.1 Å². The SMILES string of the molecule is COc1ccccc1C1NC(=O)N(C)C2=C1C(=O)N(Cc1ccncc1)C2. The molecule has 1 atom stereocenters. The number of benzene rings is 1. The molecule has 1 aromatic carbocycles. The van der Waals surface area contributed by atoms with E-state index >= 15 is 0 Å². The molecule has 2 aliphatic heterocycles. The summed E-state index contributed by atoms with van der Waals surface area (Å²) in [5.74, 6) is 0.559. The summed E-state index contributed by atoms with van der Waals surface area (Å²) in [6.07, 6.45) is 3.41. The minimum atomic E-state index is -0.533. The van der Waals surface area contributed by atoms with Gasteiger partial charge in [-0.1, -0.05) is 18.2 Å². The summed E-state index contributed by atoms with van der Waals surface area (Å²) in [6, 6.07) is 10.4. The average molecular weight is 364 g/mol. The van der Waals surface area contributed by atoms with Crippen molar-refractivity contribution < 1.29 is 14.3 Å². The van der Waals surface area contributed by atoms with Gasteiger partial charge in [0.15, 0.2) is 0 Å². The number of ether oxygens (including phenoxy) is 1. The monoisotopic (exact) mass is 364 g/mol. The largest absolute Gasteiger partial charge is 0.496 e. The Balaban J connectivity index is 1.71. The zero-order chi connectivity index (χ0) is 19.0. The number of pyridine rings is 1. The number of carbonyl (C=O) groups is 2. The normalized spacial score (nSPS) is 19.3. The van der Waals surface area contributed by atoms with Crippen LogP contribution >= 0.6 is 0 Å². The summed E-state index contributed by atoms with van der Waals surface area (Å²) in [5, 5.41) is 2.94. The Hall–Kier alpha value is -3.35. The van der Waals surface area contributed by atoms with E-state index in [1.807, 2.05) is 36.4 Å². The van der Waals surface area contributed by atoms with Crippen molar-refractivity contribution in [3.8, 4) is 5.75 Å². The molecule has 1 N–H and O–H groups in total. The van der Waals surface area contributed by atoms with Gasteiger partial charge in [-0.3, -0.25) is 14.7 Å². The van der Waals surface area contributed by atoms with Crippen LogP contribution in [0.2, 0.25) is 0 Å². The number of nitrogens with one attached hydrogen (secondary N) is 1. The van der Waals surface area contributed by atoms with E-state index < -0.39 is 6.04 Å². The molecule has 27 heavy (non-hydrogen) atoms. The number of aromatic nitrogens is 1. The fourth-order valence-electron chi connectivity index (χ4n) is 3.60. The highest BCUT2D eigenvalue weighted by molar-refractivity contribution is 6.01. The van der Waals surface area contributed by atoms with E-state index in [9.17, 15) is 9.59 Å². The molecule has 0 spiro atoms. The lowest BCUT2D eigenvalue weighted by atomic mass is 9.95. The molecule has 2 aliphatic rings. The summed E-state index contributed by atoms with van der Waals surface area (Å²) in [7, 11) is 3.27. The number of carbonyl (C=O) groups excluding carboxylic acids is 2. The van der Waals surface area contributed by atoms with Crippen molar-refractivity contribution >= 4 is 11.9 Å². The van der Waals surface area contributed by atoms with Gasteiger partial charge in [0.25, 0.3) is 5.91 Å². The second kappa shape index (κ2) is 6.75. The molecule has 1 aromatic heterocycles. The van der Waals surface area contributed by atoms with Crippen molar-refractivity contribution in [1.29, 1.82) is 0 Å².